The van der Waals surface area contributed by atoms with Crippen LogP contribution in [0, 0.1) is 0 Å². The van der Waals surface area contributed by atoms with Crippen LogP contribution in [0.25, 0.3) is 0 Å². The number of nitrogens with one attached hydrogen (secondary N) is 2. The number of benzene rings is 2. The Hall–Kier alpha value is -2.16. The van der Waals surface area contributed by atoms with Gasteiger partial charge in [0.1, 0.15) is 6.33 Å². The number of carbonyl (C=O) groups is 1. The highest BCUT2D eigenvalue weighted by molar-refractivity contribution is 7.99. The molecule has 0 radical (unpaired) electrons. The number of hydrogen-bond acceptors (Lipinski definition) is 6. The number of rotatable bonds is 6. The lowest BCUT2D eigenvalue weighted by molar-refractivity contribution is 0.102. The van der Waals surface area contributed by atoms with Crippen LogP contribution in [0.2, 0.25) is 5.02 Å². The highest BCUT2D eigenvalue weighted by atomic mass is 35.5. The van der Waals surface area contributed by atoms with Crippen molar-refractivity contribution in [3.8, 4) is 0 Å². The summed E-state index contributed by atoms with van der Waals surface area (Å²) in [6, 6.07) is 13.3. The first-order valence-corrected chi connectivity index (χ1v) is 11.7. The fourth-order valence-corrected chi connectivity index (χ4v) is 4.95. The van der Waals surface area contributed by atoms with Gasteiger partial charge in [-0.2, -0.15) is 16.9 Å². The van der Waals surface area contributed by atoms with E-state index in [-0.39, 0.29) is 5.91 Å². The molecule has 29 heavy (non-hydrogen) atoms. The van der Waals surface area contributed by atoms with Crippen LogP contribution in [0.5, 0.6) is 0 Å². The number of aromatic nitrogens is 3. The Morgan fingerprint density at radius 3 is 2.69 bits per heavy atom. The predicted octanol–water partition coefficient (Wildman–Crippen LogP) is 4.56. The molecule has 1 aromatic heterocycles. The molecule has 0 aliphatic carbocycles. The van der Waals surface area contributed by atoms with Gasteiger partial charge in [0.25, 0.3) is 5.91 Å². The van der Waals surface area contributed by atoms with Gasteiger partial charge in [0, 0.05) is 41.6 Å². The molecular formula is C20H20ClN5OS2. The van der Waals surface area contributed by atoms with E-state index in [0.29, 0.717) is 16.3 Å². The van der Waals surface area contributed by atoms with Gasteiger partial charge in [-0.15, -0.1) is 0 Å². The van der Waals surface area contributed by atoms with Gasteiger partial charge in [-0.3, -0.25) is 9.89 Å². The summed E-state index contributed by atoms with van der Waals surface area (Å²) in [6.45, 7) is 1.99. The van der Waals surface area contributed by atoms with Gasteiger partial charge < -0.3 is 10.2 Å². The second-order valence-electron chi connectivity index (χ2n) is 6.50. The molecule has 9 heteroatoms. The van der Waals surface area contributed by atoms with Gasteiger partial charge in [-0.25, -0.2) is 4.98 Å². The lowest BCUT2D eigenvalue weighted by Gasteiger charge is -2.29. The molecule has 3 aromatic rings. The number of thioether (sulfide) groups is 2. The molecule has 0 unspecified atom stereocenters. The Labute approximate surface area is 182 Å². The molecular weight excluding hydrogens is 426 g/mol. The number of anilines is 2. The number of hydrogen-bond donors (Lipinski definition) is 2. The molecule has 2 heterocycles. The predicted molar refractivity (Wildman–Crippen MR) is 121 cm³/mol. The summed E-state index contributed by atoms with van der Waals surface area (Å²) in [7, 11) is 0. The van der Waals surface area contributed by atoms with Crippen molar-refractivity contribution in [1.29, 1.82) is 0 Å². The molecule has 0 atom stereocenters. The van der Waals surface area contributed by atoms with E-state index >= 15 is 0 Å². The van der Waals surface area contributed by atoms with E-state index in [1.54, 1.807) is 11.8 Å². The van der Waals surface area contributed by atoms with Crippen LogP contribution in [0.15, 0.2) is 53.9 Å². The van der Waals surface area contributed by atoms with Crippen molar-refractivity contribution in [3.63, 3.8) is 0 Å². The zero-order valence-electron chi connectivity index (χ0n) is 15.6. The van der Waals surface area contributed by atoms with Crippen molar-refractivity contribution < 1.29 is 4.79 Å². The zero-order chi connectivity index (χ0) is 20.1. The third kappa shape index (κ3) is 5.26. The number of amides is 1. The van der Waals surface area contributed by atoms with Crippen molar-refractivity contribution in [1.82, 2.24) is 15.2 Å². The van der Waals surface area contributed by atoms with Gasteiger partial charge in [-0.1, -0.05) is 35.5 Å². The maximum atomic E-state index is 12.6. The second kappa shape index (κ2) is 9.56. The number of H-pyrrole nitrogens is 1. The fourth-order valence-electron chi connectivity index (χ4n) is 3.02. The number of halogens is 1. The minimum Gasteiger partial charge on any atom is -0.369 e. The summed E-state index contributed by atoms with van der Waals surface area (Å²) in [5.41, 5.74) is 3.43. The van der Waals surface area contributed by atoms with E-state index in [9.17, 15) is 4.79 Å². The second-order valence-corrected chi connectivity index (χ2v) is 9.09. The number of aromatic amines is 1. The summed E-state index contributed by atoms with van der Waals surface area (Å²) < 4.78 is 0. The largest absolute Gasteiger partial charge is 0.369 e. The summed E-state index contributed by atoms with van der Waals surface area (Å²) in [6.07, 6.45) is 1.49. The monoisotopic (exact) mass is 445 g/mol. The van der Waals surface area contributed by atoms with E-state index in [0.717, 1.165) is 46.8 Å². The maximum Gasteiger partial charge on any atom is 0.255 e. The normalized spacial score (nSPS) is 14.0. The first-order valence-electron chi connectivity index (χ1n) is 9.20. The Morgan fingerprint density at radius 1 is 1.21 bits per heavy atom. The molecule has 2 aromatic carbocycles. The average Bonchev–Trinajstić information content (AvgIpc) is 3.27. The molecule has 6 nitrogen and oxygen atoms in total. The smallest absolute Gasteiger partial charge is 0.255 e. The van der Waals surface area contributed by atoms with Gasteiger partial charge >= 0.3 is 0 Å². The molecule has 0 bridgehead atoms. The molecule has 1 saturated heterocycles. The first kappa shape index (κ1) is 20.1. The Balaban J connectivity index is 1.36. The minimum atomic E-state index is -0.155. The fraction of sp³-hybridized carbons (Fsp3) is 0.250. The molecule has 1 aliphatic heterocycles. The van der Waals surface area contributed by atoms with Gasteiger partial charge in [0.05, 0.1) is 10.7 Å². The third-order valence-corrected chi connectivity index (χ3v) is 6.73. The van der Waals surface area contributed by atoms with Gasteiger partial charge in [-0.05, 0) is 35.9 Å². The Bertz CT molecular complexity index is 960. The Kier molecular flexibility index (Phi) is 6.63. The molecule has 2 N–H and O–H groups in total. The lowest BCUT2D eigenvalue weighted by Crippen LogP contribution is -2.32. The highest BCUT2D eigenvalue weighted by Gasteiger charge is 2.15. The third-order valence-electron chi connectivity index (χ3n) is 4.54. The summed E-state index contributed by atoms with van der Waals surface area (Å²) in [4.78, 5) is 18.9. The van der Waals surface area contributed by atoms with Crippen molar-refractivity contribution in [2.75, 3.05) is 34.8 Å². The van der Waals surface area contributed by atoms with E-state index in [1.807, 2.05) is 54.2 Å². The molecule has 1 amide bonds. The van der Waals surface area contributed by atoms with Gasteiger partial charge in [0.2, 0.25) is 0 Å². The highest BCUT2D eigenvalue weighted by Crippen LogP contribution is 2.30. The van der Waals surface area contributed by atoms with Crippen LogP contribution in [0.3, 0.4) is 0 Å². The van der Waals surface area contributed by atoms with Crippen LogP contribution >= 0.6 is 35.1 Å². The standard InChI is InChI=1S/C20H20ClN5OS2/c21-17-11-16(5-6-18(17)26-7-9-28-10-8-26)24-19(27)15-3-1-14(2-4-15)12-29-20-22-13-23-25-20/h1-6,11,13H,7-10,12H2,(H,24,27)(H,22,23,25). The summed E-state index contributed by atoms with van der Waals surface area (Å²) >= 11 is 10.00. The molecule has 1 fully saturated rings. The van der Waals surface area contributed by atoms with Crippen LogP contribution < -0.4 is 10.2 Å². The quantitative estimate of drug-likeness (QED) is 0.542. The average molecular weight is 446 g/mol. The number of carbonyl (C=O) groups excluding carboxylic acids is 1. The van der Waals surface area contributed by atoms with Crippen LogP contribution in [-0.4, -0.2) is 45.7 Å². The Morgan fingerprint density at radius 2 is 2.00 bits per heavy atom. The van der Waals surface area contributed by atoms with E-state index < -0.39 is 0 Å². The summed E-state index contributed by atoms with van der Waals surface area (Å²) in [5, 5.41) is 11.0. The lowest BCUT2D eigenvalue weighted by atomic mass is 10.1. The molecule has 0 spiro atoms. The molecule has 1 aliphatic rings. The summed E-state index contributed by atoms with van der Waals surface area (Å²) in [5.74, 6) is 2.82. The first-order chi connectivity index (χ1) is 14.2. The van der Waals surface area contributed by atoms with Crippen LogP contribution in [-0.2, 0) is 5.75 Å². The van der Waals surface area contributed by atoms with E-state index in [1.165, 1.54) is 6.33 Å². The SMILES string of the molecule is O=C(Nc1ccc(N2CCSCC2)c(Cl)c1)c1ccc(CSc2ncn[nH]2)cc1. The molecule has 4 rings (SSSR count). The molecule has 0 saturated carbocycles. The topological polar surface area (TPSA) is 73.9 Å². The maximum absolute atomic E-state index is 12.6. The van der Waals surface area contributed by atoms with Crippen molar-refractivity contribution in [3.05, 3.63) is 64.9 Å². The zero-order valence-corrected chi connectivity index (χ0v) is 18.0. The minimum absolute atomic E-state index is 0.155. The van der Waals surface area contributed by atoms with Crippen molar-refractivity contribution >= 4 is 52.4 Å². The van der Waals surface area contributed by atoms with Crippen molar-refractivity contribution in [2.24, 2.45) is 0 Å². The van der Waals surface area contributed by atoms with E-state index in [4.69, 9.17) is 11.6 Å². The number of nitrogens with zero attached hydrogens (tertiary/aromatic N) is 3. The molecule has 150 valence electrons. The van der Waals surface area contributed by atoms with Crippen LogP contribution in [0.4, 0.5) is 11.4 Å². The van der Waals surface area contributed by atoms with E-state index in [2.05, 4.69) is 25.4 Å². The van der Waals surface area contributed by atoms with Crippen LogP contribution in [0.1, 0.15) is 15.9 Å². The van der Waals surface area contributed by atoms with Crippen molar-refractivity contribution in [2.45, 2.75) is 10.9 Å². The van der Waals surface area contributed by atoms with Gasteiger partial charge in [0.15, 0.2) is 5.16 Å².